The summed E-state index contributed by atoms with van der Waals surface area (Å²) in [6, 6.07) is 10.1. The Balaban J connectivity index is 1.67. The van der Waals surface area contributed by atoms with Gasteiger partial charge < -0.3 is 24.9 Å². The number of aryl methyl sites for hydroxylation is 1. The Bertz CT molecular complexity index is 1190. The van der Waals surface area contributed by atoms with Gasteiger partial charge in [0, 0.05) is 28.3 Å². The maximum absolute atomic E-state index is 13.4. The zero-order valence-corrected chi connectivity index (χ0v) is 19.2. The molecule has 3 aromatic rings. The predicted octanol–water partition coefficient (Wildman–Crippen LogP) is 3.45. The van der Waals surface area contributed by atoms with Crippen LogP contribution in [0.15, 0.2) is 35.1 Å². The molecular weight excluding hydrogens is 404 g/mol. The molecule has 4 rings (SSSR count). The summed E-state index contributed by atoms with van der Waals surface area (Å²) in [6.07, 6.45) is 2.26. The lowest BCUT2D eigenvalue weighted by atomic mass is 9.91. The van der Waals surface area contributed by atoms with E-state index in [4.69, 9.17) is 4.74 Å². The molecule has 0 saturated carbocycles. The van der Waals surface area contributed by atoms with Crippen molar-refractivity contribution in [1.82, 2.24) is 20.2 Å². The molecule has 0 aliphatic carbocycles. The van der Waals surface area contributed by atoms with Crippen molar-refractivity contribution < 1.29 is 9.53 Å². The van der Waals surface area contributed by atoms with Gasteiger partial charge in [-0.2, -0.15) is 0 Å². The van der Waals surface area contributed by atoms with Gasteiger partial charge in [-0.3, -0.25) is 9.59 Å². The summed E-state index contributed by atoms with van der Waals surface area (Å²) in [5.74, 6) is 0.860. The van der Waals surface area contributed by atoms with E-state index in [0.29, 0.717) is 34.5 Å². The van der Waals surface area contributed by atoms with E-state index in [2.05, 4.69) is 33.2 Å². The van der Waals surface area contributed by atoms with E-state index in [1.165, 1.54) is 7.11 Å². The van der Waals surface area contributed by atoms with Crippen LogP contribution < -0.4 is 20.9 Å². The molecule has 3 heterocycles. The van der Waals surface area contributed by atoms with Gasteiger partial charge in [0.05, 0.1) is 24.8 Å². The second-order valence-corrected chi connectivity index (χ2v) is 8.69. The largest absolute Gasteiger partial charge is 0.496 e. The Kier molecular flexibility index (Phi) is 6.37. The number of carbonyl (C=O) groups is 1. The van der Waals surface area contributed by atoms with Crippen molar-refractivity contribution >= 4 is 16.8 Å². The van der Waals surface area contributed by atoms with Crippen LogP contribution in [-0.4, -0.2) is 35.7 Å². The molecule has 1 aliphatic rings. The highest BCUT2D eigenvalue weighted by molar-refractivity contribution is 6.08. The molecule has 1 saturated heterocycles. The van der Waals surface area contributed by atoms with E-state index in [9.17, 15) is 9.59 Å². The molecule has 32 heavy (non-hydrogen) atoms. The van der Waals surface area contributed by atoms with Gasteiger partial charge in [0.25, 0.3) is 11.5 Å². The third kappa shape index (κ3) is 4.05. The first-order chi connectivity index (χ1) is 15.4. The Labute approximate surface area is 188 Å². The maximum atomic E-state index is 13.4. The van der Waals surface area contributed by atoms with Crippen LogP contribution >= 0.6 is 0 Å². The minimum absolute atomic E-state index is 0.0976. The number of aromatic nitrogens is 2. The van der Waals surface area contributed by atoms with Crippen LogP contribution in [0.1, 0.15) is 53.1 Å². The van der Waals surface area contributed by atoms with Gasteiger partial charge in [0.1, 0.15) is 5.75 Å². The van der Waals surface area contributed by atoms with Gasteiger partial charge in [-0.05, 0) is 64.8 Å². The Hall–Kier alpha value is -3.06. The minimum Gasteiger partial charge on any atom is -0.496 e. The second kappa shape index (κ2) is 9.20. The summed E-state index contributed by atoms with van der Waals surface area (Å²) in [6.45, 7) is 8.25. The smallest absolute Gasteiger partial charge is 0.256 e. The van der Waals surface area contributed by atoms with Crippen LogP contribution in [0, 0.1) is 19.8 Å². The molecule has 2 aromatic heterocycles. The Morgan fingerprint density at radius 3 is 2.69 bits per heavy atom. The van der Waals surface area contributed by atoms with Gasteiger partial charge >= 0.3 is 0 Å². The van der Waals surface area contributed by atoms with Crippen molar-refractivity contribution in [2.75, 3.05) is 20.2 Å². The van der Waals surface area contributed by atoms with Crippen LogP contribution in [0.4, 0.5) is 0 Å². The SMILES string of the molecule is COc1cc(C)[nH]c(=O)c1CNC(=O)c1c(C)n([C@@H](C)C2CCNCC2)c2ccccc12. The number of H-pyrrole nitrogens is 1. The standard InChI is InChI=1S/C25H32N4O3/c1-15-13-22(32-4)20(24(30)28-15)14-27-25(31)23-17(3)29(21-8-6-5-7-19(21)23)16(2)18-9-11-26-12-10-18/h5-8,13,16,18,26H,9-12,14H2,1-4H3,(H,27,31)(H,28,30)/t16-/m0/s1. The van der Waals surface area contributed by atoms with Crippen LogP contribution in [0.2, 0.25) is 0 Å². The lowest BCUT2D eigenvalue weighted by Crippen LogP contribution is -2.32. The normalized spacial score (nSPS) is 15.6. The van der Waals surface area contributed by atoms with Gasteiger partial charge in [-0.15, -0.1) is 0 Å². The number of carbonyl (C=O) groups excluding carboxylic acids is 1. The van der Waals surface area contributed by atoms with E-state index in [0.717, 1.165) is 42.5 Å². The number of hydrogen-bond acceptors (Lipinski definition) is 4. The average molecular weight is 437 g/mol. The molecule has 1 aromatic carbocycles. The number of fused-ring (bicyclic) bond motifs is 1. The number of ether oxygens (including phenoxy) is 1. The number of para-hydroxylation sites is 1. The zero-order chi connectivity index (χ0) is 22.8. The van der Waals surface area contributed by atoms with Crippen molar-refractivity contribution in [1.29, 1.82) is 0 Å². The number of amides is 1. The van der Waals surface area contributed by atoms with Crippen molar-refractivity contribution in [3.63, 3.8) is 0 Å². The molecule has 0 bridgehead atoms. The molecule has 1 atom stereocenters. The third-order valence-corrected chi connectivity index (χ3v) is 6.73. The predicted molar refractivity (Wildman–Crippen MR) is 127 cm³/mol. The molecular formula is C25H32N4O3. The van der Waals surface area contributed by atoms with Crippen molar-refractivity contribution in [3.8, 4) is 5.75 Å². The molecule has 1 aliphatic heterocycles. The molecule has 0 radical (unpaired) electrons. The molecule has 0 spiro atoms. The number of piperidine rings is 1. The number of pyridine rings is 1. The quantitative estimate of drug-likeness (QED) is 0.552. The maximum Gasteiger partial charge on any atom is 0.256 e. The van der Waals surface area contributed by atoms with E-state index in [1.807, 2.05) is 25.1 Å². The number of nitrogens with one attached hydrogen (secondary N) is 3. The summed E-state index contributed by atoms with van der Waals surface area (Å²) in [5, 5.41) is 7.32. The highest BCUT2D eigenvalue weighted by Gasteiger charge is 2.27. The van der Waals surface area contributed by atoms with Crippen LogP contribution in [0.25, 0.3) is 10.9 Å². The Morgan fingerprint density at radius 1 is 1.25 bits per heavy atom. The fraction of sp³-hybridized carbons (Fsp3) is 0.440. The van der Waals surface area contributed by atoms with E-state index >= 15 is 0 Å². The van der Waals surface area contributed by atoms with Crippen molar-refractivity contribution in [2.45, 2.75) is 46.2 Å². The minimum atomic E-state index is -0.249. The first-order valence-electron chi connectivity index (χ1n) is 11.3. The monoisotopic (exact) mass is 436 g/mol. The fourth-order valence-electron chi connectivity index (χ4n) is 5.03. The molecule has 1 amide bonds. The van der Waals surface area contributed by atoms with Gasteiger partial charge in [-0.25, -0.2) is 0 Å². The summed E-state index contributed by atoms with van der Waals surface area (Å²) in [7, 11) is 1.53. The first-order valence-corrected chi connectivity index (χ1v) is 11.3. The van der Waals surface area contributed by atoms with Crippen LogP contribution in [0.5, 0.6) is 5.75 Å². The zero-order valence-electron chi connectivity index (χ0n) is 19.2. The number of benzene rings is 1. The molecule has 7 heteroatoms. The van der Waals surface area contributed by atoms with Crippen LogP contribution in [0.3, 0.4) is 0 Å². The molecule has 170 valence electrons. The van der Waals surface area contributed by atoms with Crippen LogP contribution in [-0.2, 0) is 6.54 Å². The lowest BCUT2D eigenvalue weighted by molar-refractivity contribution is 0.0951. The van der Waals surface area contributed by atoms with E-state index in [1.54, 1.807) is 13.0 Å². The van der Waals surface area contributed by atoms with Gasteiger partial charge in [-0.1, -0.05) is 18.2 Å². The fourth-order valence-corrected chi connectivity index (χ4v) is 5.03. The topological polar surface area (TPSA) is 88.2 Å². The molecule has 7 nitrogen and oxygen atoms in total. The number of aromatic amines is 1. The first kappa shape index (κ1) is 22.1. The highest BCUT2D eigenvalue weighted by Crippen LogP contribution is 2.34. The van der Waals surface area contributed by atoms with Crippen molar-refractivity contribution in [2.24, 2.45) is 5.92 Å². The second-order valence-electron chi connectivity index (χ2n) is 8.69. The van der Waals surface area contributed by atoms with Gasteiger partial charge in [0.2, 0.25) is 0 Å². The average Bonchev–Trinajstić information content (AvgIpc) is 3.09. The summed E-state index contributed by atoms with van der Waals surface area (Å²) < 4.78 is 7.68. The summed E-state index contributed by atoms with van der Waals surface area (Å²) >= 11 is 0. The van der Waals surface area contributed by atoms with Gasteiger partial charge in [0.15, 0.2) is 0 Å². The number of methoxy groups -OCH3 is 1. The highest BCUT2D eigenvalue weighted by atomic mass is 16.5. The molecule has 1 fully saturated rings. The number of hydrogen-bond donors (Lipinski definition) is 3. The summed E-state index contributed by atoms with van der Waals surface area (Å²) in [5.41, 5.74) is 3.58. The van der Waals surface area contributed by atoms with Crippen molar-refractivity contribution in [3.05, 3.63) is 63.2 Å². The van der Waals surface area contributed by atoms with E-state index < -0.39 is 0 Å². The summed E-state index contributed by atoms with van der Waals surface area (Å²) in [4.78, 5) is 28.6. The Morgan fingerprint density at radius 2 is 1.97 bits per heavy atom. The lowest BCUT2D eigenvalue weighted by Gasteiger charge is -2.30. The number of rotatable bonds is 6. The number of nitrogens with zero attached hydrogens (tertiary/aromatic N) is 1. The van der Waals surface area contributed by atoms with E-state index in [-0.39, 0.29) is 18.0 Å². The third-order valence-electron chi connectivity index (χ3n) is 6.73. The molecule has 3 N–H and O–H groups in total. The molecule has 0 unspecified atom stereocenters.